The Morgan fingerprint density at radius 1 is 1.21 bits per heavy atom. The summed E-state index contributed by atoms with van der Waals surface area (Å²) in [7, 11) is 0. The van der Waals surface area contributed by atoms with E-state index in [9.17, 15) is 9.90 Å². The zero-order valence-electron chi connectivity index (χ0n) is 19.2. The van der Waals surface area contributed by atoms with E-state index in [0.717, 1.165) is 28.9 Å². The zero-order valence-corrected chi connectivity index (χ0v) is 19.2. The van der Waals surface area contributed by atoms with Gasteiger partial charge in [-0.15, -0.1) is 0 Å². The molecule has 1 unspecified atom stereocenters. The third-order valence-corrected chi connectivity index (χ3v) is 8.29. The van der Waals surface area contributed by atoms with Gasteiger partial charge in [0.1, 0.15) is 6.10 Å². The number of ketones is 1. The summed E-state index contributed by atoms with van der Waals surface area (Å²) >= 11 is 0. The second kappa shape index (κ2) is 9.33. The highest BCUT2D eigenvalue weighted by atomic mass is 16.3. The normalized spacial score (nSPS) is 36.8. The molecule has 3 aliphatic rings. The van der Waals surface area contributed by atoms with Gasteiger partial charge in [0.25, 0.3) is 0 Å². The molecule has 3 fully saturated rings. The first-order valence-electron chi connectivity index (χ1n) is 12.0. The van der Waals surface area contributed by atoms with Crippen LogP contribution < -0.4 is 0 Å². The average molecular weight is 399 g/mol. The van der Waals surface area contributed by atoms with Gasteiger partial charge in [0, 0.05) is 12.8 Å². The number of hydrogen-bond donors (Lipinski definition) is 1. The topological polar surface area (TPSA) is 37.3 Å². The molecule has 3 rings (SSSR count). The summed E-state index contributed by atoms with van der Waals surface area (Å²) in [5.74, 6) is 3.10. The van der Waals surface area contributed by atoms with Crippen LogP contribution in [0, 0.1) is 29.1 Å². The number of Topliss-reactive ketones (excluding diaryl/α,β-unsaturated/α-hetero) is 1. The summed E-state index contributed by atoms with van der Waals surface area (Å²) in [6, 6.07) is 0. The van der Waals surface area contributed by atoms with Gasteiger partial charge in [0.05, 0.1) is 0 Å². The molecule has 2 heteroatoms. The Morgan fingerprint density at radius 3 is 2.69 bits per heavy atom. The summed E-state index contributed by atoms with van der Waals surface area (Å²) in [6.07, 6.45) is 15.0. The maximum atomic E-state index is 11.7. The van der Waals surface area contributed by atoms with Crippen LogP contribution in [0.5, 0.6) is 0 Å². The Hall–Kier alpha value is -1.15. The van der Waals surface area contributed by atoms with Crippen LogP contribution in [0.25, 0.3) is 0 Å². The van der Waals surface area contributed by atoms with Crippen LogP contribution in [0.15, 0.2) is 35.5 Å². The van der Waals surface area contributed by atoms with Gasteiger partial charge in [0.2, 0.25) is 0 Å². The van der Waals surface area contributed by atoms with E-state index in [1.807, 2.05) is 0 Å². The monoisotopic (exact) mass is 398 g/mol. The smallest absolute Gasteiger partial charge is 0.165 e. The van der Waals surface area contributed by atoms with E-state index < -0.39 is 6.10 Å². The third kappa shape index (κ3) is 4.95. The minimum Gasteiger partial charge on any atom is -0.385 e. The molecule has 3 saturated carbocycles. The van der Waals surface area contributed by atoms with Crippen LogP contribution in [-0.4, -0.2) is 17.0 Å². The Morgan fingerprint density at radius 2 is 1.97 bits per heavy atom. The summed E-state index contributed by atoms with van der Waals surface area (Å²) in [6.45, 7) is 13.8. The molecule has 0 heterocycles. The molecule has 1 N–H and O–H groups in total. The first-order chi connectivity index (χ1) is 13.7. The van der Waals surface area contributed by atoms with Gasteiger partial charge in [-0.05, 0) is 72.3 Å². The van der Waals surface area contributed by atoms with E-state index >= 15 is 0 Å². The summed E-state index contributed by atoms with van der Waals surface area (Å²) in [5, 5.41) is 9.94. The first-order valence-corrected chi connectivity index (χ1v) is 12.0. The summed E-state index contributed by atoms with van der Waals surface area (Å²) in [5.41, 5.74) is 3.99. The Kier molecular flexibility index (Phi) is 7.25. The largest absolute Gasteiger partial charge is 0.385 e. The molecule has 5 atom stereocenters. The van der Waals surface area contributed by atoms with E-state index in [0.29, 0.717) is 24.2 Å². The van der Waals surface area contributed by atoms with E-state index in [1.165, 1.54) is 51.4 Å². The number of carbonyl (C=O) groups excluding carboxylic acids is 1. The van der Waals surface area contributed by atoms with E-state index in [4.69, 9.17) is 0 Å². The molecule has 0 spiro atoms. The molecule has 29 heavy (non-hydrogen) atoms. The van der Waals surface area contributed by atoms with Crippen molar-refractivity contribution < 1.29 is 9.90 Å². The van der Waals surface area contributed by atoms with Crippen molar-refractivity contribution in [3.05, 3.63) is 35.5 Å². The maximum absolute atomic E-state index is 11.7. The molecule has 0 radical (unpaired) electrons. The fraction of sp³-hybridized carbons (Fsp3) is 0.741. The highest BCUT2D eigenvalue weighted by Gasteiger charge is 2.50. The van der Waals surface area contributed by atoms with Gasteiger partial charge in [-0.1, -0.05) is 71.3 Å². The second-order valence-electron chi connectivity index (χ2n) is 10.8. The van der Waals surface area contributed by atoms with Crippen molar-refractivity contribution in [2.24, 2.45) is 29.1 Å². The van der Waals surface area contributed by atoms with Gasteiger partial charge in [-0.25, -0.2) is 0 Å². The van der Waals surface area contributed by atoms with Crippen molar-refractivity contribution in [3.8, 4) is 0 Å². The molecule has 0 aromatic carbocycles. The summed E-state index contributed by atoms with van der Waals surface area (Å²) < 4.78 is 0. The lowest BCUT2D eigenvalue weighted by molar-refractivity contribution is -0.127. The lowest BCUT2D eigenvalue weighted by Crippen LogP contribution is -2.36. The van der Waals surface area contributed by atoms with Gasteiger partial charge in [-0.2, -0.15) is 0 Å². The minimum absolute atomic E-state index is 0.0878. The lowest BCUT2D eigenvalue weighted by atomic mass is 9.60. The zero-order chi connectivity index (χ0) is 21.2. The molecule has 0 aromatic heterocycles. The quantitative estimate of drug-likeness (QED) is 0.534. The van der Waals surface area contributed by atoms with E-state index in [1.54, 1.807) is 5.57 Å². The predicted octanol–water partition coefficient (Wildman–Crippen LogP) is 6.80. The number of aliphatic hydroxyl groups is 1. The van der Waals surface area contributed by atoms with Crippen molar-refractivity contribution in [1.82, 2.24) is 0 Å². The van der Waals surface area contributed by atoms with Crippen LogP contribution in [0.2, 0.25) is 0 Å². The van der Waals surface area contributed by atoms with Crippen molar-refractivity contribution in [2.45, 2.75) is 98.0 Å². The molecule has 0 aliphatic heterocycles. The van der Waals surface area contributed by atoms with Crippen LogP contribution >= 0.6 is 0 Å². The first kappa shape index (κ1) is 22.5. The van der Waals surface area contributed by atoms with Crippen LogP contribution in [-0.2, 0) is 4.79 Å². The Bertz CT molecular complexity index is 683. The van der Waals surface area contributed by atoms with Crippen LogP contribution in [0.3, 0.4) is 0 Å². The molecule has 0 bridgehead atoms. The number of aliphatic hydroxyl groups excluding tert-OH is 1. The minimum atomic E-state index is -0.843. The molecule has 0 saturated heterocycles. The standard InChI is InChI=1S/C27H42O2/c1-18(2)8-6-9-19(3)23-13-14-24-21(10-7-15-27(23,24)5)11-12-22-17-26(29)25(28)16-20(22)4/h11-12,18-19,23-24,26,29H,4,6-10,13-17H2,1-3,5H3/b21-11?,22-12-/t19-,23-,24?,26-,27-/m1/s1. The average Bonchev–Trinajstić information content (AvgIpc) is 3.01. The number of carbonyl (C=O) groups is 1. The fourth-order valence-electron chi connectivity index (χ4n) is 6.57. The third-order valence-electron chi connectivity index (χ3n) is 8.29. The molecule has 0 aromatic rings. The van der Waals surface area contributed by atoms with Gasteiger partial charge < -0.3 is 5.11 Å². The molecule has 3 aliphatic carbocycles. The molecule has 2 nitrogen and oxygen atoms in total. The van der Waals surface area contributed by atoms with Gasteiger partial charge in [0.15, 0.2) is 5.78 Å². The lowest BCUT2D eigenvalue weighted by Gasteiger charge is -2.44. The van der Waals surface area contributed by atoms with Gasteiger partial charge in [-0.3, -0.25) is 4.79 Å². The highest BCUT2D eigenvalue weighted by molar-refractivity contribution is 5.88. The number of rotatable bonds is 6. The molecule has 0 amide bonds. The Labute approximate surface area is 178 Å². The van der Waals surface area contributed by atoms with Crippen molar-refractivity contribution >= 4 is 5.78 Å². The number of fused-ring (bicyclic) bond motifs is 1. The predicted molar refractivity (Wildman–Crippen MR) is 122 cm³/mol. The molecular weight excluding hydrogens is 356 g/mol. The Balaban J connectivity index is 1.71. The van der Waals surface area contributed by atoms with Crippen LogP contribution in [0.4, 0.5) is 0 Å². The fourth-order valence-corrected chi connectivity index (χ4v) is 6.57. The van der Waals surface area contributed by atoms with Crippen LogP contribution in [0.1, 0.15) is 91.9 Å². The second-order valence-corrected chi connectivity index (χ2v) is 10.8. The van der Waals surface area contributed by atoms with Gasteiger partial charge >= 0.3 is 0 Å². The van der Waals surface area contributed by atoms with Crippen molar-refractivity contribution in [1.29, 1.82) is 0 Å². The van der Waals surface area contributed by atoms with Crippen molar-refractivity contribution in [3.63, 3.8) is 0 Å². The SMILES string of the molecule is C=C1CC(=O)[C@H](O)C/C1=C/C=C1CCC[C@@]2(C)C1CC[C@@H]2[C@H](C)CCCC(C)C. The molecule has 162 valence electrons. The van der Waals surface area contributed by atoms with E-state index in [-0.39, 0.29) is 5.78 Å². The van der Waals surface area contributed by atoms with E-state index in [2.05, 4.69) is 46.4 Å². The number of hydrogen-bond acceptors (Lipinski definition) is 2. The summed E-state index contributed by atoms with van der Waals surface area (Å²) in [4.78, 5) is 11.7. The maximum Gasteiger partial charge on any atom is 0.165 e. The van der Waals surface area contributed by atoms with Crippen molar-refractivity contribution in [2.75, 3.05) is 0 Å². The number of allylic oxidation sites excluding steroid dienone is 4. The highest BCUT2D eigenvalue weighted by Crippen LogP contribution is 2.59. The molecular formula is C27H42O2.